The van der Waals surface area contributed by atoms with Crippen molar-refractivity contribution < 1.29 is 19.1 Å². The quantitative estimate of drug-likeness (QED) is 0.782. The normalized spacial score (nSPS) is 11.6. The fourth-order valence-electron chi connectivity index (χ4n) is 2.15. The molecule has 0 aliphatic rings. The third-order valence-corrected chi connectivity index (χ3v) is 4.65. The van der Waals surface area contributed by atoms with E-state index >= 15 is 0 Å². The van der Waals surface area contributed by atoms with Crippen molar-refractivity contribution >= 4 is 23.2 Å². The molecule has 1 heterocycles. The third-order valence-electron chi connectivity index (χ3n) is 3.67. The van der Waals surface area contributed by atoms with Crippen LogP contribution in [0.3, 0.4) is 0 Å². The van der Waals surface area contributed by atoms with Crippen LogP contribution in [0.4, 0.5) is 0 Å². The molecule has 0 saturated carbocycles. The van der Waals surface area contributed by atoms with Crippen LogP contribution in [0.2, 0.25) is 0 Å². The first-order valence-corrected chi connectivity index (χ1v) is 8.47. The fourth-order valence-corrected chi connectivity index (χ4v) is 2.93. The van der Waals surface area contributed by atoms with Gasteiger partial charge < -0.3 is 14.8 Å². The Labute approximate surface area is 145 Å². The fraction of sp³-hybridized carbons (Fsp3) is 0.333. The summed E-state index contributed by atoms with van der Waals surface area (Å²) in [5, 5.41) is 4.73. The highest BCUT2D eigenvalue weighted by Gasteiger charge is 2.20. The molecule has 0 aliphatic carbocycles. The Hall–Kier alpha value is -2.34. The first-order chi connectivity index (χ1) is 11.5. The summed E-state index contributed by atoms with van der Waals surface area (Å²) in [6.07, 6.45) is 0.0897. The third kappa shape index (κ3) is 5.09. The summed E-state index contributed by atoms with van der Waals surface area (Å²) in [7, 11) is 1.33. The van der Waals surface area contributed by atoms with Crippen molar-refractivity contribution in [1.29, 1.82) is 0 Å². The Balaban J connectivity index is 1.94. The minimum absolute atomic E-state index is 0.0897. The molecule has 1 amide bonds. The molecule has 6 heteroatoms. The van der Waals surface area contributed by atoms with E-state index in [1.54, 1.807) is 0 Å². The Morgan fingerprint density at radius 3 is 2.62 bits per heavy atom. The Morgan fingerprint density at radius 2 is 2.00 bits per heavy atom. The maximum absolute atomic E-state index is 12.2. The van der Waals surface area contributed by atoms with E-state index in [1.165, 1.54) is 24.0 Å². The summed E-state index contributed by atoms with van der Waals surface area (Å²) in [4.78, 5) is 24.6. The van der Waals surface area contributed by atoms with Gasteiger partial charge in [0.25, 0.3) is 5.91 Å². The van der Waals surface area contributed by atoms with Gasteiger partial charge in [-0.2, -0.15) is 0 Å². The minimum Gasteiger partial charge on any atom is -0.484 e. The van der Waals surface area contributed by atoms with Crippen LogP contribution in [0.15, 0.2) is 35.7 Å². The molecule has 0 saturated heterocycles. The van der Waals surface area contributed by atoms with Gasteiger partial charge in [0, 0.05) is 4.88 Å². The van der Waals surface area contributed by atoms with Gasteiger partial charge in [-0.3, -0.25) is 9.59 Å². The lowest BCUT2D eigenvalue weighted by Crippen LogP contribution is -2.33. The summed E-state index contributed by atoms with van der Waals surface area (Å²) in [5.41, 5.74) is 2.28. The molecule has 0 bridgehead atoms. The maximum Gasteiger partial charge on any atom is 0.307 e. The van der Waals surface area contributed by atoms with Gasteiger partial charge in [0.15, 0.2) is 6.61 Å². The van der Waals surface area contributed by atoms with Crippen molar-refractivity contribution in [3.05, 3.63) is 51.7 Å². The highest BCUT2D eigenvalue weighted by molar-refractivity contribution is 7.10. The molecule has 24 heavy (non-hydrogen) atoms. The van der Waals surface area contributed by atoms with Gasteiger partial charge in [0.05, 0.1) is 19.6 Å². The largest absolute Gasteiger partial charge is 0.484 e. The van der Waals surface area contributed by atoms with Gasteiger partial charge in [-0.1, -0.05) is 12.1 Å². The van der Waals surface area contributed by atoms with Crippen molar-refractivity contribution in [1.82, 2.24) is 5.32 Å². The Bertz CT molecular complexity index is 697. The summed E-state index contributed by atoms with van der Waals surface area (Å²) < 4.78 is 10.2. The summed E-state index contributed by atoms with van der Waals surface area (Å²) >= 11 is 1.48. The zero-order valence-electron chi connectivity index (χ0n) is 14.0. The number of thiophene rings is 1. The van der Waals surface area contributed by atoms with Crippen LogP contribution >= 0.6 is 11.3 Å². The number of nitrogens with one attached hydrogen (secondary N) is 1. The highest BCUT2D eigenvalue weighted by atomic mass is 32.1. The Kier molecular flexibility index (Phi) is 6.37. The van der Waals surface area contributed by atoms with Crippen LogP contribution in [0.25, 0.3) is 0 Å². The molecule has 1 aromatic heterocycles. The molecule has 1 N–H and O–H groups in total. The number of hydrogen-bond acceptors (Lipinski definition) is 5. The molecular formula is C18H21NO4S. The predicted molar refractivity (Wildman–Crippen MR) is 93.2 cm³/mol. The number of methoxy groups -OCH3 is 1. The van der Waals surface area contributed by atoms with E-state index in [1.807, 2.05) is 49.6 Å². The van der Waals surface area contributed by atoms with E-state index in [0.29, 0.717) is 5.75 Å². The monoisotopic (exact) mass is 347 g/mol. The summed E-state index contributed by atoms with van der Waals surface area (Å²) in [6.45, 7) is 3.90. The van der Waals surface area contributed by atoms with Crippen LogP contribution in [0, 0.1) is 13.8 Å². The van der Waals surface area contributed by atoms with E-state index in [-0.39, 0.29) is 24.9 Å². The van der Waals surface area contributed by atoms with Crippen molar-refractivity contribution in [2.45, 2.75) is 26.3 Å². The lowest BCUT2D eigenvalue weighted by molar-refractivity contribution is -0.141. The molecular weight excluding hydrogens is 326 g/mol. The SMILES string of the molecule is COC(=O)CC(NC(=O)COc1ccc(C)c(C)c1)c1cccs1. The second-order valence-electron chi connectivity index (χ2n) is 5.45. The first-order valence-electron chi connectivity index (χ1n) is 7.59. The van der Waals surface area contributed by atoms with Crippen LogP contribution in [0.1, 0.15) is 28.5 Å². The molecule has 2 aromatic rings. The van der Waals surface area contributed by atoms with Gasteiger partial charge in [0.2, 0.25) is 0 Å². The molecule has 1 aromatic carbocycles. The zero-order chi connectivity index (χ0) is 17.5. The minimum atomic E-state index is -0.409. The molecule has 2 rings (SSSR count). The number of hydrogen-bond donors (Lipinski definition) is 1. The topological polar surface area (TPSA) is 64.6 Å². The van der Waals surface area contributed by atoms with Crippen molar-refractivity contribution in [2.24, 2.45) is 0 Å². The molecule has 1 unspecified atom stereocenters. The standard InChI is InChI=1S/C18H21NO4S/c1-12-6-7-14(9-13(12)2)23-11-17(20)19-15(10-18(21)22-3)16-5-4-8-24-16/h4-9,15H,10-11H2,1-3H3,(H,19,20). The number of carbonyl (C=O) groups is 2. The van der Waals surface area contributed by atoms with E-state index in [4.69, 9.17) is 9.47 Å². The first kappa shape index (κ1) is 18.0. The van der Waals surface area contributed by atoms with Gasteiger partial charge in [-0.25, -0.2) is 0 Å². The van der Waals surface area contributed by atoms with Gasteiger partial charge in [0.1, 0.15) is 5.75 Å². The van der Waals surface area contributed by atoms with Crippen LogP contribution < -0.4 is 10.1 Å². The maximum atomic E-state index is 12.2. The smallest absolute Gasteiger partial charge is 0.307 e. The van der Waals surface area contributed by atoms with E-state index in [9.17, 15) is 9.59 Å². The molecule has 0 fully saturated rings. The predicted octanol–water partition coefficient (Wildman–Crippen LogP) is 3.16. The number of ether oxygens (including phenoxy) is 2. The van der Waals surface area contributed by atoms with Crippen LogP contribution in [-0.4, -0.2) is 25.6 Å². The number of esters is 1. The number of amides is 1. The van der Waals surface area contributed by atoms with Crippen LogP contribution in [0.5, 0.6) is 5.75 Å². The number of rotatable bonds is 7. The summed E-state index contributed by atoms with van der Waals surface area (Å²) in [6, 6.07) is 9.03. The zero-order valence-corrected chi connectivity index (χ0v) is 14.8. The van der Waals surface area contributed by atoms with E-state index in [0.717, 1.165) is 10.4 Å². The average Bonchev–Trinajstić information content (AvgIpc) is 3.09. The average molecular weight is 347 g/mol. The van der Waals surface area contributed by atoms with Gasteiger partial charge >= 0.3 is 5.97 Å². The number of aryl methyl sites for hydroxylation is 2. The number of carbonyl (C=O) groups excluding carboxylic acids is 2. The lowest BCUT2D eigenvalue weighted by atomic mass is 10.1. The molecule has 1 atom stereocenters. The molecule has 128 valence electrons. The van der Waals surface area contributed by atoms with E-state index in [2.05, 4.69) is 5.32 Å². The van der Waals surface area contributed by atoms with Gasteiger partial charge in [-0.05, 0) is 48.6 Å². The van der Waals surface area contributed by atoms with Crippen molar-refractivity contribution in [2.75, 3.05) is 13.7 Å². The highest BCUT2D eigenvalue weighted by Crippen LogP contribution is 2.22. The molecule has 5 nitrogen and oxygen atoms in total. The van der Waals surface area contributed by atoms with Gasteiger partial charge in [-0.15, -0.1) is 11.3 Å². The second-order valence-corrected chi connectivity index (χ2v) is 6.43. The molecule has 0 radical (unpaired) electrons. The summed E-state index contributed by atoms with van der Waals surface area (Å²) in [5.74, 6) is -0.00630. The molecule has 0 spiro atoms. The van der Waals surface area contributed by atoms with E-state index < -0.39 is 6.04 Å². The lowest BCUT2D eigenvalue weighted by Gasteiger charge is -2.17. The van der Waals surface area contributed by atoms with Crippen LogP contribution in [-0.2, 0) is 14.3 Å². The van der Waals surface area contributed by atoms with Crippen molar-refractivity contribution in [3.8, 4) is 5.75 Å². The second kappa shape index (κ2) is 8.49. The number of benzene rings is 1. The Morgan fingerprint density at radius 1 is 1.21 bits per heavy atom. The molecule has 0 aliphatic heterocycles. The van der Waals surface area contributed by atoms with Crippen molar-refractivity contribution in [3.63, 3.8) is 0 Å².